The molecule has 3 fully saturated rings. The lowest BCUT2D eigenvalue weighted by Gasteiger charge is -2.37. The molecular weight excluding hydrogens is 580 g/mol. The fourth-order valence-electron chi connectivity index (χ4n) is 6.80. The van der Waals surface area contributed by atoms with E-state index in [2.05, 4.69) is 45.3 Å². The molecule has 216 valence electrons. The number of hydrogen-bond donors (Lipinski definition) is 3. The van der Waals surface area contributed by atoms with Crippen molar-refractivity contribution in [3.63, 3.8) is 0 Å². The number of rotatable bonds is 12. The first-order valence-corrected chi connectivity index (χ1v) is 16.1. The predicted molar refractivity (Wildman–Crippen MR) is 161 cm³/mol. The SMILES string of the molecule is CCCNC(=O)[C@H]1[C@H]2C(=O)N([C@@H](CO)CC(C)C)C(C(=O)Nc3ccc(N(CC)CC)cc3)C23CC(Br)[C@@H]1S3. The number of fused-ring (bicyclic) bond motifs is 1. The Balaban J connectivity index is 1.70. The Bertz CT molecular complexity index is 1050. The third-order valence-corrected chi connectivity index (χ3v) is 11.7. The zero-order valence-corrected chi connectivity index (χ0v) is 26.1. The van der Waals surface area contributed by atoms with Crippen molar-refractivity contribution in [1.29, 1.82) is 0 Å². The zero-order chi connectivity index (χ0) is 28.5. The number of nitrogens with zero attached hydrogens (tertiary/aromatic N) is 2. The van der Waals surface area contributed by atoms with Gasteiger partial charge in [-0.05, 0) is 63.3 Å². The van der Waals surface area contributed by atoms with Gasteiger partial charge >= 0.3 is 0 Å². The van der Waals surface area contributed by atoms with Gasteiger partial charge in [-0.3, -0.25) is 14.4 Å². The molecule has 7 atom stereocenters. The van der Waals surface area contributed by atoms with Gasteiger partial charge in [-0.25, -0.2) is 0 Å². The van der Waals surface area contributed by atoms with Crippen molar-refractivity contribution in [2.24, 2.45) is 17.8 Å². The van der Waals surface area contributed by atoms with Crippen LogP contribution in [0, 0.1) is 17.8 Å². The maximum Gasteiger partial charge on any atom is 0.248 e. The van der Waals surface area contributed by atoms with E-state index in [1.165, 1.54) is 0 Å². The van der Waals surface area contributed by atoms with E-state index in [4.69, 9.17) is 0 Å². The number of likely N-dealkylation sites (tertiary alicyclic amines) is 1. The summed E-state index contributed by atoms with van der Waals surface area (Å²) in [5.41, 5.74) is 1.75. The molecule has 4 rings (SSSR count). The Morgan fingerprint density at radius 3 is 2.41 bits per heavy atom. The van der Waals surface area contributed by atoms with Crippen molar-refractivity contribution in [1.82, 2.24) is 10.2 Å². The third kappa shape index (κ3) is 5.45. The third-order valence-electron chi connectivity index (χ3n) is 8.44. The quantitative estimate of drug-likeness (QED) is 0.306. The molecule has 0 aromatic heterocycles. The van der Waals surface area contributed by atoms with E-state index in [-0.39, 0.29) is 40.3 Å². The van der Waals surface area contributed by atoms with Gasteiger partial charge in [-0.1, -0.05) is 36.7 Å². The van der Waals surface area contributed by atoms with Gasteiger partial charge in [0.1, 0.15) is 6.04 Å². The second-order valence-corrected chi connectivity index (χ2v) is 14.1. The monoisotopic (exact) mass is 622 g/mol. The molecule has 3 aliphatic heterocycles. The lowest BCUT2D eigenvalue weighted by molar-refractivity contribution is -0.142. The lowest BCUT2D eigenvalue weighted by Crippen LogP contribution is -2.55. The second kappa shape index (κ2) is 12.4. The molecule has 1 aromatic carbocycles. The summed E-state index contributed by atoms with van der Waals surface area (Å²) in [6.45, 7) is 12.4. The number of halogens is 1. The number of aliphatic hydroxyl groups excluding tert-OH is 1. The summed E-state index contributed by atoms with van der Waals surface area (Å²) < 4.78 is -0.736. The number of alkyl halides is 1. The van der Waals surface area contributed by atoms with Crippen LogP contribution in [0.25, 0.3) is 0 Å². The molecule has 39 heavy (non-hydrogen) atoms. The molecule has 1 aromatic rings. The smallest absolute Gasteiger partial charge is 0.248 e. The molecule has 3 aliphatic rings. The largest absolute Gasteiger partial charge is 0.394 e. The highest BCUT2D eigenvalue weighted by Crippen LogP contribution is 2.68. The molecule has 3 saturated heterocycles. The van der Waals surface area contributed by atoms with Gasteiger partial charge in [0.05, 0.1) is 29.2 Å². The Morgan fingerprint density at radius 1 is 1.18 bits per heavy atom. The first kappa shape index (κ1) is 30.2. The Hall–Kier alpha value is -1.78. The van der Waals surface area contributed by atoms with E-state index in [0.717, 1.165) is 25.2 Å². The number of hydrogen-bond acceptors (Lipinski definition) is 6. The number of amides is 3. The molecule has 3 unspecified atom stereocenters. The van der Waals surface area contributed by atoms with Crippen LogP contribution in [0.4, 0.5) is 11.4 Å². The number of benzene rings is 1. The predicted octanol–water partition coefficient (Wildman–Crippen LogP) is 3.87. The fourth-order valence-corrected chi connectivity index (χ4v) is 10.4. The van der Waals surface area contributed by atoms with Crippen molar-refractivity contribution in [3.8, 4) is 0 Å². The van der Waals surface area contributed by atoms with Gasteiger partial charge < -0.3 is 25.5 Å². The standard InChI is InChI=1S/C29H43BrN4O4S/c1-6-13-31-26(36)22-23-28(38)34(20(16-35)14-17(4)5)25(29(23)15-21(30)24(22)39-29)27(37)32-18-9-11-19(12-10-18)33(7-2)8-3/h9-12,17,20-25,35H,6-8,13-16H2,1-5H3,(H,31,36)(H,32,37)/t20-,21?,22+,23+,24+,25?,29?/m1/s1. The molecule has 0 radical (unpaired) electrons. The number of carbonyl (C=O) groups is 3. The first-order chi connectivity index (χ1) is 18.6. The maximum atomic E-state index is 14.2. The fraction of sp³-hybridized carbons (Fsp3) is 0.690. The van der Waals surface area contributed by atoms with Gasteiger partial charge in [0, 0.05) is 41.1 Å². The average molecular weight is 624 g/mol. The molecule has 3 heterocycles. The Kier molecular flexibility index (Phi) is 9.59. The molecule has 3 N–H and O–H groups in total. The molecule has 10 heteroatoms. The van der Waals surface area contributed by atoms with Crippen molar-refractivity contribution in [3.05, 3.63) is 24.3 Å². The molecule has 3 amide bonds. The lowest BCUT2D eigenvalue weighted by atomic mass is 9.70. The summed E-state index contributed by atoms with van der Waals surface area (Å²) in [5, 5.41) is 16.4. The van der Waals surface area contributed by atoms with Crippen LogP contribution < -0.4 is 15.5 Å². The van der Waals surface area contributed by atoms with E-state index < -0.39 is 28.7 Å². The summed E-state index contributed by atoms with van der Waals surface area (Å²) in [6, 6.07) is 6.50. The number of aliphatic hydroxyl groups is 1. The minimum absolute atomic E-state index is 0.0187. The summed E-state index contributed by atoms with van der Waals surface area (Å²) >= 11 is 5.42. The van der Waals surface area contributed by atoms with Crippen LogP contribution in [0.2, 0.25) is 0 Å². The Morgan fingerprint density at radius 2 is 1.85 bits per heavy atom. The van der Waals surface area contributed by atoms with Crippen LogP contribution in [-0.2, 0) is 14.4 Å². The van der Waals surface area contributed by atoms with E-state index in [9.17, 15) is 19.5 Å². The molecule has 8 nitrogen and oxygen atoms in total. The maximum absolute atomic E-state index is 14.2. The summed E-state index contributed by atoms with van der Waals surface area (Å²) in [4.78, 5) is 45.7. The van der Waals surface area contributed by atoms with E-state index in [1.807, 2.05) is 45.0 Å². The van der Waals surface area contributed by atoms with Crippen LogP contribution in [0.3, 0.4) is 0 Å². The van der Waals surface area contributed by atoms with Crippen molar-refractivity contribution in [2.45, 2.75) is 80.8 Å². The van der Waals surface area contributed by atoms with Gasteiger partial charge in [-0.2, -0.15) is 0 Å². The van der Waals surface area contributed by atoms with Crippen LogP contribution >= 0.6 is 27.7 Å². The van der Waals surface area contributed by atoms with Crippen LogP contribution in [0.1, 0.15) is 53.9 Å². The molecule has 1 spiro atoms. The number of anilines is 2. The van der Waals surface area contributed by atoms with Crippen LogP contribution in [-0.4, -0.2) is 80.9 Å². The highest BCUT2D eigenvalue weighted by Gasteiger charge is 2.76. The van der Waals surface area contributed by atoms with Crippen LogP contribution in [0.15, 0.2) is 24.3 Å². The van der Waals surface area contributed by atoms with Crippen molar-refractivity contribution >= 4 is 56.8 Å². The van der Waals surface area contributed by atoms with E-state index in [0.29, 0.717) is 25.1 Å². The van der Waals surface area contributed by atoms with Crippen molar-refractivity contribution in [2.75, 3.05) is 36.5 Å². The molecule has 2 bridgehead atoms. The van der Waals surface area contributed by atoms with Gasteiger partial charge in [-0.15, -0.1) is 11.8 Å². The number of nitrogens with one attached hydrogen (secondary N) is 2. The summed E-state index contributed by atoms with van der Waals surface area (Å²) in [6.07, 6.45) is 2.00. The molecule has 0 saturated carbocycles. The van der Waals surface area contributed by atoms with E-state index in [1.54, 1.807) is 16.7 Å². The van der Waals surface area contributed by atoms with Crippen molar-refractivity contribution < 1.29 is 19.5 Å². The number of carbonyl (C=O) groups excluding carboxylic acids is 3. The molecule has 0 aliphatic carbocycles. The zero-order valence-electron chi connectivity index (χ0n) is 23.7. The van der Waals surface area contributed by atoms with Gasteiger partial charge in [0.2, 0.25) is 17.7 Å². The minimum Gasteiger partial charge on any atom is -0.394 e. The minimum atomic E-state index is -0.785. The summed E-state index contributed by atoms with van der Waals surface area (Å²) in [5.74, 6) is -1.44. The Labute approximate surface area is 245 Å². The first-order valence-electron chi connectivity index (χ1n) is 14.3. The number of thioether (sulfide) groups is 1. The van der Waals surface area contributed by atoms with E-state index >= 15 is 0 Å². The van der Waals surface area contributed by atoms with Gasteiger partial charge in [0.25, 0.3) is 0 Å². The highest BCUT2D eigenvalue weighted by atomic mass is 79.9. The second-order valence-electron chi connectivity index (χ2n) is 11.4. The topological polar surface area (TPSA) is 102 Å². The summed E-state index contributed by atoms with van der Waals surface area (Å²) in [7, 11) is 0. The highest BCUT2D eigenvalue weighted by molar-refractivity contribution is 9.09. The van der Waals surface area contributed by atoms with Crippen LogP contribution in [0.5, 0.6) is 0 Å². The normalized spacial score (nSPS) is 30.0. The average Bonchev–Trinajstić information content (AvgIpc) is 3.50. The molecular formula is C29H43BrN4O4S. The van der Waals surface area contributed by atoms with Gasteiger partial charge in [0.15, 0.2) is 0 Å².